The topological polar surface area (TPSA) is 65.4 Å². The number of nitrogens with zero attached hydrogens (tertiary/aromatic N) is 2. The number of aromatic nitrogens is 2. The molecule has 0 saturated heterocycles. The zero-order chi connectivity index (χ0) is 19.6. The first-order chi connectivity index (χ1) is 13.5. The fourth-order valence-electron chi connectivity index (χ4n) is 3.37. The van der Waals surface area contributed by atoms with Crippen LogP contribution in [0.3, 0.4) is 0 Å². The van der Waals surface area contributed by atoms with Gasteiger partial charge in [-0.15, -0.1) is 0 Å². The lowest BCUT2D eigenvalue weighted by Crippen LogP contribution is -2.29. The predicted octanol–water partition coefficient (Wildman–Crippen LogP) is 3.39. The third-order valence-corrected chi connectivity index (χ3v) is 4.61. The fraction of sp³-hybridized carbons (Fsp3) is 0.273. The predicted molar refractivity (Wildman–Crippen MR) is 106 cm³/mol. The van der Waals surface area contributed by atoms with Gasteiger partial charge in [0.2, 0.25) is 0 Å². The lowest BCUT2D eigenvalue weighted by Gasteiger charge is -2.18. The van der Waals surface area contributed by atoms with Crippen LogP contribution in [-0.2, 0) is 6.42 Å². The summed E-state index contributed by atoms with van der Waals surface area (Å²) in [7, 11) is 0. The van der Waals surface area contributed by atoms with Gasteiger partial charge in [-0.2, -0.15) is 0 Å². The Labute approximate surface area is 164 Å². The van der Waals surface area contributed by atoms with Gasteiger partial charge in [0.15, 0.2) is 11.5 Å². The van der Waals surface area contributed by atoms with Crippen LogP contribution in [0.25, 0.3) is 5.69 Å². The van der Waals surface area contributed by atoms with Crippen LogP contribution in [0.4, 0.5) is 0 Å². The van der Waals surface area contributed by atoms with Gasteiger partial charge in [0.25, 0.3) is 5.91 Å². The quantitative estimate of drug-likeness (QED) is 0.669. The van der Waals surface area contributed by atoms with E-state index in [-0.39, 0.29) is 11.5 Å². The lowest BCUT2D eigenvalue weighted by molar-refractivity contribution is 0.0939. The van der Waals surface area contributed by atoms with E-state index in [0.717, 1.165) is 23.4 Å². The van der Waals surface area contributed by atoms with E-state index in [1.54, 1.807) is 17.1 Å². The van der Waals surface area contributed by atoms with Crippen molar-refractivity contribution in [2.75, 3.05) is 13.2 Å². The van der Waals surface area contributed by atoms with Crippen molar-refractivity contribution in [3.8, 4) is 17.2 Å². The molecule has 0 fully saturated rings. The maximum atomic E-state index is 12.5. The summed E-state index contributed by atoms with van der Waals surface area (Å²) in [5, 5.41) is 2.88. The Hall–Kier alpha value is -3.28. The van der Waals surface area contributed by atoms with Gasteiger partial charge in [0.05, 0.1) is 19.1 Å². The van der Waals surface area contributed by atoms with Gasteiger partial charge in [0.1, 0.15) is 17.9 Å². The van der Waals surface area contributed by atoms with Crippen LogP contribution in [0.5, 0.6) is 11.5 Å². The highest BCUT2D eigenvalue weighted by Gasteiger charge is 2.32. The van der Waals surface area contributed by atoms with Crippen molar-refractivity contribution < 1.29 is 14.3 Å². The van der Waals surface area contributed by atoms with Crippen molar-refractivity contribution in [1.82, 2.24) is 14.9 Å². The molecular weight excluding hydrogens is 354 g/mol. The number of carbonyl (C=O) groups excluding carboxylic acids is 1. The normalized spacial score (nSPS) is 14.2. The van der Waals surface area contributed by atoms with Gasteiger partial charge in [-0.3, -0.25) is 9.36 Å². The molecule has 0 radical (unpaired) electrons. The van der Waals surface area contributed by atoms with Gasteiger partial charge in [-0.05, 0) is 32.0 Å². The number of carbonyl (C=O) groups is 1. The van der Waals surface area contributed by atoms with Crippen LogP contribution in [-0.4, -0.2) is 34.2 Å². The minimum atomic E-state index is -0.216. The molecule has 1 amide bonds. The van der Waals surface area contributed by atoms with E-state index in [1.807, 2.05) is 42.5 Å². The van der Waals surface area contributed by atoms with Crippen LogP contribution in [0, 0.1) is 0 Å². The molecule has 1 aliphatic rings. The van der Waals surface area contributed by atoms with E-state index in [2.05, 4.69) is 30.2 Å². The molecule has 4 rings (SSSR count). The van der Waals surface area contributed by atoms with E-state index in [9.17, 15) is 4.79 Å². The molecule has 1 aliphatic heterocycles. The summed E-state index contributed by atoms with van der Waals surface area (Å²) < 4.78 is 13.6. The van der Waals surface area contributed by atoms with Gasteiger partial charge in [-0.1, -0.05) is 30.3 Å². The van der Waals surface area contributed by atoms with Crippen molar-refractivity contribution in [2.24, 2.45) is 0 Å². The number of hydrogen-bond acceptors (Lipinski definition) is 4. The molecular formula is C22H23N3O3. The number of hydrogen-bond donors (Lipinski definition) is 1. The number of ether oxygens (including phenoxy) is 2. The van der Waals surface area contributed by atoms with E-state index in [1.165, 1.54) is 0 Å². The van der Waals surface area contributed by atoms with E-state index < -0.39 is 0 Å². The van der Waals surface area contributed by atoms with Crippen molar-refractivity contribution in [3.63, 3.8) is 0 Å². The van der Waals surface area contributed by atoms with Crippen molar-refractivity contribution >= 4 is 5.91 Å². The maximum Gasteiger partial charge on any atom is 0.270 e. The standard InChI is InChI=1S/C22H23N3O3/c1-22(2)13-16-7-6-10-19(20(16)28-22)27-12-11-24-21(26)18-14-23-15-25(18)17-8-4-3-5-9-17/h3-10,14-15H,11-13H2,1-2H3,(H,24,26). The molecule has 0 saturated carbocycles. The van der Waals surface area contributed by atoms with Crippen LogP contribution >= 0.6 is 0 Å². The third kappa shape index (κ3) is 3.71. The number of rotatable bonds is 6. The molecule has 2 heterocycles. The second kappa shape index (κ2) is 7.38. The summed E-state index contributed by atoms with van der Waals surface area (Å²) in [6.07, 6.45) is 4.05. The average molecular weight is 377 g/mol. The summed E-state index contributed by atoms with van der Waals surface area (Å²) in [5.41, 5.74) is 2.31. The molecule has 0 atom stereocenters. The minimum Gasteiger partial charge on any atom is -0.488 e. The maximum absolute atomic E-state index is 12.5. The molecule has 1 aromatic heterocycles. The monoisotopic (exact) mass is 377 g/mol. The number of amides is 1. The first kappa shape index (κ1) is 18.1. The summed E-state index contributed by atoms with van der Waals surface area (Å²) in [6.45, 7) is 4.86. The second-order valence-corrected chi connectivity index (χ2v) is 7.37. The van der Waals surface area contributed by atoms with Crippen molar-refractivity contribution in [2.45, 2.75) is 25.9 Å². The summed E-state index contributed by atoms with van der Waals surface area (Å²) >= 11 is 0. The molecule has 3 aromatic rings. The van der Waals surface area contributed by atoms with Crippen molar-refractivity contribution in [3.05, 3.63) is 72.3 Å². The van der Waals surface area contributed by atoms with Crippen LogP contribution < -0.4 is 14.8 Å². The molecule has 2 aromatic carbocycles. The van der Waals surface area contributed by atoms with Crippen LogP contribution in [0.15, 0.2) is 61.1 Å². The Morgan fingerprint density at radius 2 is 2.04 bits per heavy atom. The zero-order valence-electron chi connectivity index (χ0n) is 16.0. The molecule has 0 bridgehead atoms. The highest BCUT2D eigenvalue weighted by molar-refractivity contribution is 5.93. The van der Waals surface area contributed by atoms with E-state index in [0.29, 0.717) is 24.6 Å². The zero-order valence-corrected chi connectivity index (χ0v) is 16.0. The number of para-hydroxylation sites is 2. The first-order valence-electron chi connectivity index (χ1n) is 9.33. The fourth-order valence-corrected chi connectivity index (χ4v) is 3.37. The molecule has 28 heavy (non-hydrogen) atoms. The Morgan fingerprint density at radius 3 is 2.86 bits per heavy atom. The van der Waals surface area contributed by atoms with Gasteiger partial charge in [-0.25, -0.2) is 4.98 Å². The average Bonchev–Trinajstić information content (AvgIpc) is 3.29. The Balaban J connectivity index is 1.35. The Bertz CT molecular complexity index is 980. The lowest BCUT2D eigenvalue weighted by atomic mass is 10.0. The summed E-state index contributed by atoms with van der Waals surface area (Å²) in [4.78, 5) is 16.6. The molecule has 6 heteroatoms. The number of fused-ring (bicyclic) bond motifs is 1. The third-order valence-electron chi connectivity index (χ3n) is 4.61. The molecule has 144 valence electrons. The highest BCUT2D eigenvalue weighted by atomic mass is 16.5. The SMILES string of the molecule is CC1(C)Cc2cccc(OCCNC(=O)c3cncn3-c3ccccc3)c2O1. The Morgan fingerprint density at radius 1 is 1.21 bits per heavy atom. The molecule has 0 spiro atoms. The highest BCUT2D eigenvalue weighted by Crippen LogP contribution is 2.41. The van der Waals surface area contributed by atoms with Gasteiger partial charge in [0, 0.05) is 17.7 Å². The molecule has 6 nitrogen and oxygen atoms in total. The largest absolute Gasteiger partial charge is 0.488 e. The Kier molecular flexibility index (Phi) is 4.77. The van der Waals surface area contributed by atoms with E-state index in [4.69, 9.17) is 9.47 Å². The van der Waals surface area contributed by atoms with Crippen LogP contribution in [0.1, 0.15) is 29.9 Å². The minimum absolute atomic E-state index is 0.194. The molecule has 1 N–H and O–H groups in total. The smallest absolute Gasteiger partial charge is 0.270 e. The first-order valence-corrected chi connectivity index (χ1v) is 9.33. The molecule has 0 unspecified atom stereocenters. The van der Waals surface area contributed by atoms with Crippen LogP contribution in [0.2, 0.25) is 0 Å². The molecule has 0 aliphatic carbocycles. The summed E-state index contributed by atoms with van der Waals surface area (Å²) in [6, 6.07) is 15.6. The van der Waals surface area contributed by atoms with Crippen molar-refractivity contribution in [1.29, 1.82) is 0 Å². The number of nitrogens with one attached hydrogen (secondary N) is 1. The van der Waals surface area contributed by atoms with Gasteiger partial charge >= 0.3 is 0 Å². The number of benzene rings is 2. The summed E-state index contributed by atoms with van der Waals surface area (Å²) in [5.74, 6) is 1.33. The number of imidazole rings is 1. The second-order valence-electron chi connectivity index (χ2n) is 7.37. The van der Waals surface area contributed by atoms with E-state index >= 15 is 0 Å². The van der Waals surface area contributed by atoms with Gasteiger partial charge < -0.3 is 14.8 Å².